The fourth-order valence-corrected chi connectivity index (χ4v) is 2.77. The highest BCUT2D eigenvalue weighted by molar-refractivity contribution is 6.04. The number of fused-ring (bicyclic) bond motifs is 1. The number of carbonyl (C=O) groups is 2. The summed E-state index contributed by atoms with van der Waals surface area (Å²) in [5, 5.41) is 3.89. The minimum Gasteiger partial charge on any atom is -0.361 e. The number of imide groups is 1. The molecule has 1 aromatic heterocycles. The molecule has 3 amide bonds. The number of para-hydroxylation sites is 1. The summed E-state index contributed by atoms with van der Waals surface area (Å²) in [5.41, 5.74) is 2.20. The highest BCUT2D eigenvalue weighted by atomic mass is 16.2. The van der Waals surface area contributed by atoms with Gasteiger partial charge in [0, 0.05) is 23.6 Å². The van der Waals surface area contributed by atoms with E-state index >= 15 is 0 Å². The van der Waals surface area contributed by atoms with Gasteiger partial charge < -0.3 is 10.3 Å². The zero-order chi connectivity index (χ0) is 15.0. The Morgan fingerprint density at radius 3 is 2.71 bits per heavy atom. The Labute approximate surface area is 123 Å². The number of aromatic nitrogens is 1. The summed E-state index contributed by atoms with van der Waals surface area (Å²) in [5.74, 6) is -0.00520. The Bertz CT molecular complexity index is 690. The van der Waals surface area contributed by atoms with Crippen LogP contribution in [-0.4, -0.2) is 34.4 Å². The van der Waals surface area contributed by atoms with Gasteiger partial charge >= 0.3 is 6.03 Å². The highest BCUT2D eigenvalue weighted by Gasteiger charge is 2.39. The van der Waals surface area contributed by atoms with E-state index in [9.17, 15) is 9.59 Å². The number of urea groups is 1. The summed E-state index contributed by atoms with van der Waals surface area (Å²) in [6.07, 6.45) is 2.61. The number of nitrogens with zero attached hydrogens (tertiary/aromatic N) is 1. The van der Waals surface area contributed by atoms with Crippen LogP contribution in [0.1, 0.15) is 19.4 Å². The summed E-state index contributed by atoms with van der Waals surface area (Å²) >= 11 is 0. The summed E-state index contributed by atoms with van der Waals surface area (Å²) < 4.78 is 0. The highest BCUT2D eigenvalue weighted by Crippen LogP contribution is 2.20. The quantitative estimate of drug-likeness (QED) is 0.846. The number of hydrogen-bond acceptors (Lipinski definition) is 2. The molecule has 2 heterocycles. The number of aromatic amines is 1. The van der Waals surface area contributed by atoms with Gasteiger partial charge in [0.1, 0.15) is 6.04 Å². The third-order valence-electron chi connectivity index (χ3n) is 4.00. The molecule has 0 aliphatic carbocycles. The second-order valence-corrected chi connectivity index (χ2v) is 5.77. The van der Waals surface area contributed by atoms with E-state index in [1.165, 1.54) is 4.90 Å². The van der Waals surface area contributed by atoms with Crippen molar-refractivity contribution in [3.63, 3.8) is 0 Å². The van der Waals surface area contributed by atoms with Gasteiger partial charge in [-0.1, -0.05) is 32.0 Å². The number of nitrogens with one attached hydrogen (secondary N) is 2. The first kappa shape index (κ1) is 13.7. The average molecular weight is 285 g/mol. The van der Waals surface area contributed by atoms with E-state index in [2.05, 4.69) is 10.3 Å². The van der Waals surface area contributed by atoms with Crippen LogP contribution >= 0.6 is 0 Å². The molecule has 1 aliphatic rings. The first-order chi connectivity index (χ1) is 10.1. The van der Waals surface area contributed by atoms with Gasteiger partial charge in [-0.25, -0.2) is 4.79 Å². The van der Waals surface area contributed by atoms with Crippen molar-refractivity contribution in [2.45, 2.75) is 26.3 Å². The normalized spacial score (nSPS) is 18.8. The van der Waals surface area contributed by atoms with E-state index < -0.39 is 0 Å². The van der Waals surface area contributed by atoms with E-state index in [-0.39, 0.29) is 23.9 Å². The SMILES string of the molecule is CC(C)[C@H]1NC(=O)N(CCc2c[nH]c3ccccc23)C1=O. The van der Waals surface area contributed by atoms with Crippen molar-refractivity contribution in [2.24, 2.45) is 5.92 Å². The van der Waals surface area contributed by atoms with Crippen molar-refractivity contribution in [3.8, 4) is 0 Å². The van der Waals surface area contributed by atoms with Gasteiger partial charge in [-0.3, -0.25) is 9.69 Å². The number of benzene rings is 1. The smallest absolute Gasteiger partial charge is 0.324 e. The van der Waals surface area contributed by atoms with Gasteiger partial charge in [0.2, 0.25) is 0 Å². The Hall–Kier alpha value is -2.30. The number of carbonyl (C=O) groups excluding carboxylic acids is 2. The van der Waals surface area contributed by atoms with Crippen molar-refractivity contribution in [2.75, 3.05) is 6.54 Å². The molecule has 1 aliphatic heterocycles. The lowest BCUT2D eigenvalue weighted by molar-refractivity contribution is -0.128. The van der Waals surface area contributed by atoms with E-state index in [0.29, 0.717) is 13.0 Å². The minimum absolute atomic E-state index is 0.111. The van der Waals surface area contributed by atoms with Crippen molar-refractivity contribution in [1.82, 2.24) is 15.2 Å². The summed E-state index contributed by atoms with van der Waals surface area (Å²) in [7, 11) is 0. The third-order valence-corrected chi connectivity index (χ3v) is 4.00. The van der Waals surface area contributed by atoms with Gasteiger partial charge in [-0.05, 0) is 24.0 Å². The Kier molecular flexibility index (Phi) is 3.41. The van der Waals surface area contributed by atoms with Crippen LogP contribution in [0.4, 0.5) is 4.79 Å². The van der Waals surface area contributed by atoms with E-state index in [0.717, 1.165) is 16.5 Å². The Balaban J connectivity index is 1.73. The lowest BCUT2D eigenvalue weighted by Crippen LogP contribution is -2.35. The van der Waals surface area contributed by atoms with Crippen LogP contribution in [-0.2, 0) is 11.2 Å². The molecule has 1 saturated heterocycles. The number of rotatable bonds is 4. The second-order valence-electron chi connectivity index (χ2n) is 5.77. The minimum atomic E-state index is -0.388. The van der Waals surface area contributed by atoms with Gasteiger partial charge in [-0.15, -0.1) is 0 Å². The maximum atomic E-state index is 12.2. The molecule has 110 valence electrons. The van der Waals surface area contributed by atoms with Crippen LogP contribution in [0.15, 0.2) is 30.5 Å². The van der Waals surface area contributed by atoms with Gasteiger partial charge in [0.15, 0.2) is 0 Å². The van der Waals surface area contributed by atoms with Crippen LogP contribution in [0.25, 0.3) is 10.9 Å². The molecule has 5 heteroatoms. The van der Waals surface area contributed by atoms with Gasteiger partial charge in [0.25, 0.3) is 5.91 Å². The molecule has 0 radical (unpaired) electrons. The zero-order valence-corrected chi connectivity index (χ0v) is 12.2. The molecular formula is C16H19N3O2. The second kappa shape index (κ2) is 5.24. The van der Waals surface area contributed by atoms with Crippen LogP contribution in [0.2, 0.25) is 0 Å². The van der Waals surface area contributed by atoms with Crippen LogP contribution in [0, 0.1) is 5.92 Å². The predicted molar refractivity (Wildman–Crippen MR) is 80.9 cm³/mol. The first-order valence-corrected chi connectivity index (χ1v) is 7.25. The number of hydrogen-bond donors (Lipinski definition) is 2. The molecule has 2 N–H and O–H groups in total. The summed E-state index contributed by atoms with van der Waals surface area (Å²) in [6.45, 7) is 4.29. The molecular weight excluding hydrogens is 266 g/mol. The molecule has 2 aromatic rings. The fourth-order valence-electron chi connectivity index (χ4n) is 2.77. The molecule has 0 spiro atoms. The monoisotopic (exact) mass is 285 g/mol. The van der Waals surface area contributed by atoms with Crippen molar-refractivity contribution in [3.05, 3.63) is 36.0 Å². The maximum Gasteiger partial charge on any atom is 0.324 e. The standard InChI is InChI=1S/C16H19N3O2/c1-10(2)14-15(20)19(16(21)18-14)8-7-11-9-17-13-6-4-3-5-12(11)13/h3-6,9-10,14,17H,7-8H2,1-2H3,(H,18,21)/t14-/m1/s1. The maximum absolute atomic E-state index is 12.2. The first-order valence-electron chi connectivity index (χ1n) is 7.25. The van der Waals surface area contributed by atoms with Gasteiger partial charge in [0.05, 0.1) is 0 Å². The molecule has 1 fully saturated rings. The molecule has 1 aromatic carbocycles. The lowest BCUT2D eigenvalue weighted by Gasteiger charge is -2.14. The zero-order valence-electron chi connectivity index (χ0n) is 12.2. The number of amides is 3. The van der Waals surface area contributed by atoms with E-state index in [1.54, 1.807) is 0 Å². The van der Waals surface area contributed by atoms with Crippen molar-refractivity contribution >= 4 is 22.8 Å². The van der Waals surface area contributed by atoms with Crippen molar-refractivity contribution in [1.29, 1.82) is 0 Å². The molecule has 5 nitrogen and oxygen atoms in total. The molecule has 0 unspecified atom stereocenters. The summed E-state index contributed by atoms with van der Waals surface area (Å²) in [6, 6.07) is 7.36. The molecule has 0 saturated carbocycles. The Morgan fingerprint density at radius 2 is 2.00 bits per heavy atom. The predicted octanol–water partition coefficient (Wildman–Crippen LogP) is 2.29. The van der Waals surface area contributed by atoms with Crippen LogP contribution < -0.4 is 5.32 Å². The summed E-state index contributed by atoms with van der Waals surface area (Å²) in [4.78, 5) is 28.7. The van der Waals surface area contributed by atoms with Crippen molar-refractivity contribution < 1.29 is 9.59 Å². The molecule has 1 atom stereocenters. The fraction of sp³-hybridized carbons (Fsp3) is 0.375. The average Bonchev–Trinajstić information content (AvgIpc) is 2.99. The third kappa shape index (κ3) is 2.39. The largest absolute Gasteiger partial charge is 0.361 e. The Morgan fingerprint density at radius 1 is 1.24 bits per heavy atom. The van der Waals surface area contributed by atoms with Gasteiger partial charge in [-0.2, -0.15) is 0 Å². The van der Waals surface area contributed by atoms with E-state index in [4.69, 9.17) is 0 Å². The topological polar surface area (TPSA) is 65.2 Å². The molecule has 0 bridgehead atoms. The van der Waals surface area contributed by atoms with Crippen LogP contribution in [0.5, 0.6) is 0 Å². The van der Waals surface area contributed by atoms with Crippen LogP contribution in [0.3, 0.4) is 0 Å². The number of H-pyrrole nitrogens is 1. The molecule has 3 rings (SSSR count). The lowest BCUT2D eigenvalue weighted by atomic mass is 10.0. The van der Waals surface area contributed by atoms with E-state index in [1.807, 2.05) is 44.3 Å². The molecule has 21 heavy (non-hydrogen) atoms.